The van der Waals surface area contributed by atoms with Crippen molar-refractivity contribution in [3.8, 4) is 17.6 Å². The van der Waals surface area contributed by atoms with Gasteiger partial charge in [-0.2, -0.15) is 0 Å². The summed E-state index contributed by atoms with van der Waals surface area (Å²) in [6, 6.07) is 5.07. The molecule has 2 aromatic rings. The number of nitrogens with two attached hydrogens (primary N) is 1. The van der Waals surface area contributed by atoms with Gasteiger partial charge in [-0.1, -0.05) is 11.8 Å². The molecule has 0 saturated carbocycles. The van der Waals surface area contributed by atoms with Crippen molar-refractivity contribution in [2.45, 2.75) is 6.54 Å². The summed E-state index contributed by atoms with van der Waals surface area (Å²) in [6.07, 6.45) is 3.34. The minimum atomic E-state index is -0.204. The van der Waals surface area contributed by atoms with Gasteiger partial charge in [-0.15, -0.1) is 0 Å². The number of nitrogens with zero attached hydrogens (tertiary/aromatic N) is 1. The van der Waals surface area contributed by atoms with E-state index in [1.54, 1.807) is 37.7 Å². The quantitative estimate of drug-likeness (QED) is 0.719. The largest absolute Gasteiger partial charge is 0.495 e. The molecular weight excluding hydrogens is 268 g/mol. The fourth-order valence-corrected chi connectivity index (χ4v) is 1.75. The molecule has 0 radical (unpaired) electrons. The van der Waals surface area contributed by atoms with Gasteiger partial charge in [0.05, 0.1) is 25.8 Å². The SMILES string of the molecule is COc1ccc(C(=O)NCc2ncc[nH]2)cc1C#CCN. The zero-order chi connectivity index (χ0) is 15.1. The Bertz CT molecular complexity index is 669. The second-order valence-corrected chi connectivity index (χ2v) is 4.14. The number of imidazole rings is 1. The van der Waals surface area contributed by atoms with E-state index in [-0.39, 0.29) is 12.5 Å². The molecule has 0 spiro atoms. The van der Waals surface area contributed by atoms with Crippen LogP contribution in [-0.4, -0.2) is 29.5 Å². The third-order valence-electron chi connectivity index (χ3n) is 2.76. The zero-order valence-electron chi connectivity index (χ0n) is 11.6. The van der Waals surface area contributed by atoms with E-state index in [0.29, 0.717) is 29.2 Å². The molecule has 108 valence electrons. The Labute approximate surface area is 122 Å². The summed E-state index contributed by atoms with van der Waals surface area (Å²) >= 11 is 0. The molecule has 4 N–H and O–H groups in total. The standard InChI is InChI=1S/C15H16N4O2/c1-21-13-5-4-12(9-11(13)3-2-6-16)15(20)19-10-14-17-7-8-18-14/h4-5,7-9H,6,10,16H2,1H3,(H,17,18)(H,19,20). The van der Waals surface area contributed by atoms with E-state index in [4.69, 9.17) is 10.5 Å². The highest BCUT2D eigenvalue weighted by molar-refractivity contribution is 5.94. The van der Waals surface area contributed by atoms with E-state index in [0.717, 1.165) is 0 Å². The number of benzene rings is 1. The summed E-state index contributed by atoms with van der Waals surface area (Å²) in [5.41, 5.74) is 6.50. The van der Waals surface area contributed by atoms with Crippen molar-refractivity contribution in [3.63, 3.8) is 0 Å². The predicted octanol–water partition coefficient (Wildman–Crippen LogP) is 0.658. The summed E-state index contributed by atoms with van der Waals surface area (Å²) in [7, 11) is 1.56. The van der Waals surface area contributed by atoms with Crippen molar-refractivity contribution in [2.75, 3.05) is 13.7 Å². The van der Waals surface area contributed by atoms with E-state index in [2.05, 4.69) is 27.1 Å². The molecule has 1 heterocycles. The first-order valence-corrected chi connectivity index (χ1v) is 6.38. The van der Waals surface area contributed by atoms with Gasteiger partial charge in [0, 0.05) is 18.0 Å². The Morgan fingerprint density at radius 3 is 3.05 bits per heavy atom. The summed E-state index contributed by atoms with van der Waals surface area (Å²) in [5, 5.41) is 2.78. The molecule has 6 nitrogen and oxygen atoms in total. The van der Waals surface area contributed by atoms with Crippen LogP contribution < -0.4 is 15.8 Å². The number of nitrogens with one attached hydrogen (secondary N) is 2. The fraction of sp³-hybridized carbons (Fsp3) is 0.200. The Morgan fingerprint density at radius 2 is 2.38 bits per heavy atom. The van der Waals surface area contributed by atoms with E-state index >= 15 is 0 Å². The van der Waals surface area contributed by atoms with Gasteiger partial charge in [-0.05, 0) is 18.2 Å². The molecule has 0 atom stereocenters. The lowest BCUT2D eigenvalue weighted by Crippen LogP contribution is -2.23. The van der Waals surface area contributed by atoms with Crippen LogP contribution in [0.5, 0.6) is 5.75 Å². The average Bonchev–Trinajstić information content (AvgIpc) is 3.03. The number of hydrogen-bond donors (Lipinski definition) is 3. The number of aromatic nitrogens is 2. The number of carbonyl (C=O) groups is 1. The smallest absolute Gasteiger partial charge is 0.251 e. The first-order chi connectivity index (χ1) is 10.2. The molecule has 0 unspecified atom stereocenters. The first kappa shape index (κ1) is 14.6. The molecule has 0 bridgehead atoms. The van der Waals surface area contributed by atoms with Gasteiger partial charge in [-0.25, -0.2) is 4.98 Å². The van der Waals surface area contributed by atoms with Crippen molar-refractivity contribution in [3.05, 3.63) is 47.5 Å². The van der Waals surface area contributed by atoms with E-state index in [1.165, 1.54) is 0 Å². The topological polar surface area (TPSA) is 93.0 Å². The molecular formula is C15H16N4O2. The van der Waals surface area contributed by atoms with Crippen molar-refractivity contribution in [1.82, 2.24) is 15.3 Å². The van der Waals surface area contributed by atoms with E-state index < -0.39 is 0 Å². The highest BCUT2D eigenvalue weighted by Crippen LogP contribution is 2.18. The van der Waals surface area contributed by atoms with Gasteiger partial charge in [-0.3, -0.25) is 4.79 Å². The third kappa shape index (κ3) is 3.84. The molecule has 0 saturated heterocycles. The number of amides is 1. The highest BCUT2D eigenvalue weighted by Gasteiger charge is 2.09. The molecule has 1 aromatic carbocycles. The Kier molecular flexibility index (Phi) is 4.96. The Hall–Kier alpha value is -2.78. The van der Waals surface area contributed by atoms with Crippen LogP contribution in [0.4, 0.5) is 0 Å². The number of hydrogen-bond acceptors (Lipinski definition) is 4. The van der Waals surface area contributed by atoms with Crippen LogP contribution in [0, 0.1) is 11.8 Å². The summed E-state index contributed by atoms with van der Waals surface area (Å²) in [4.78, 5) is 19.1. The van der Waals surface area contributed by atoms with E-state index in [9.17, 15) is 4.79 Å². The number of H-pyrrole nitrogens is 1. The number of methoxy groups -OCH3 is 1. The summed E-state index contributed by atoms with van der Waals surface area (Å²) < 4.78 is 5.21. The number of rotatable bonds is 4. The number of ether oxygens (including phenoxy) is 1. The van der Waals surface area contributed by atoms with Crippen LogP contribution in [0.2, 0.25) is 0 Å². The van der Waals surface area contributed by atoms with E-state index in [1.807, 2.05) is 0 Å². The molecule has 6 heteroatoms. The van der Waals surface area contributed by atoms with Crippen molar-refractivity contribution >= 4 is 5.91 Å². The minimum Gasteiger partial charge on any atom is -0.495 e. The molecule has 2 rings (SSSR count). The average molecular weight is 284 g/mol. The lowest BCUT2D eigenvalue weighted by Gasteiger charge is -2.07. The number of aromatic amines is 1. The minimum absolute atomic E-state index is 0.204. The summed E-state index contributed by atoms with van der Waals surface area (Å²) in [6.45, 7) is 0.583. The van der Waals surface area contributed by atoms with Gasteiger partial charge in [0.15, 0.2) is 0 Å². The van der Waals surface area contributed by atoms with Gasteiger partial charge in [0.2, 0.25) is 0 Å². The maximum absolute atomic E-state index is 12.1. The lowest BCUT2D eigenvalue weighted by atomic mass is 10.1. The van der Waals surface area contributed by atoms with Crippen LogP contribution in [-0.2, 0) is 6.54 Å². The monoisotopic (exact) mass is 284 g/mol. The Morgan fingerprint density at radius 1 is 1.52 bits per heavy atom. The van der Waals surface area contributed by atoms with Gasteiger partial charge < -0.3 is 20.8 Å². The van der Waals surface area contributed by atoms with Crippen molar-refractivity contribution in [2.24, 2.45) is 5.73 Å². The highest BCUT2D eigenvalue weighted by atomic mass is 16.5. The van der Waals surface area contributed by atoms with Crippen LogP contribution in [0.25, 0.3) is 0 Å². The van der Waals surface area contributed by atoms with Crippen LogP contribution in [0.15, 0.2) is 30.6 Å². The maximum Gasteiger partial charge on any atom is 0.251 e. The van der Waals surface area contributed by atoms with Crippen LogP contribution >= 0.6 is 0 Å². The maximum atomic E-state index is 12.1. The summed E-state index contributed by atoms with van der Waals surface area (Å²) in [5.74, 6) is 6.74. The molecule has 0 aliphatic carbocycles. The molecule has 0 aliphatic heterocycles. The number of carbonyl (C=O) groups excluding carboxylic acids is 1. The Balaban J connectivity index is 2.13. The zero-order valence-corrected chi connectivity index (χ0v) is 11.6. The first-order valence-electron chi connectivity index (χ1n) is 6.38. The molecule has 1 aromatic heterocycles. The molecule has 1 amide bonds. The molecule has 21 heavy (non-hydrogen) atoms. The van der Waals surface area contributed by atoms with Gasteiger partial charge in [0.1, 0.15) is 11.6 Å². The van der Waals surface area contributed by atoms with Gasteiger partial charge >= 0.3 is 0 Å². The normalized spacial score (nSPS) is 9.62. The molecule has 0 aliphatic rings. The van der Waals surface area contributed by atoms with Crippen LogP contribution in [0.1, 0.15) is 21.7 Å². The predicted molar refractivity (Wildman–Crippen MR) is 78.7 cm³/mol. The van der Waals surface area contributed by atoms with Gasteiger partial charge in [0.25, 0.3) is 5.91 Å². The van der Waals surface area contributed by atoms with Crippen LogP contribution in [0.3, 0.4) is 0 Å². The van der Waals surface area contributed by atoms with Crippen molar-refractivity contribution in [1.29, 1.82) is 0 Å². The second-order valence-electron chi connectivity index (χ2n) is 4.14. The molecule has 0 fully saturated rings. The third-order valence-corrected chi connectivity index (χ3v) is 2.76. The van der Waals surface area contributed by atoms with Crippen molar-refractivity contribution < 1.29 is 9.53 Å². The second kappa shape index (κ2) is 7.12. The fourth-order valence-electron chi connectivity index (χ4n) is 1.75. The lowest BCUT2D eigenvalue weighted by molar-refractivity contribution is 0.0950.